The van der Waals surface area contributed by atoms with Gasteiger partial charge in [0, 0.05) is 14.7 Å². The number of halogens is 1. The molecule has 0 aromatic heterocycles. The standard InChI is InChI=1S/C18H15IO3/c1-10(18(21)22)12-5-3-6-14-13(12)9-8-11-4-2-7-15(19)16(11)17(14)20/h2-7,10H,8-9H2,1H3,(H,21,22). The van der Waals surface area contributed by atoms with Crippen LogP contribution in [0.25, 0.3) is 0 Å². The summed E-state index contributed by atoms with van der Waals surface area (Å²) in [6.45, 7) is 1.67. The van der Waals surface area contributed by atoms with Crippen LogP contribution in [0, 0.1) is 3.57 Å². The topological polar surface area (TPSA) is 54.4 Å². The highest BCUT2D eigenvalue weighted by molar-refractivity contribution is 14.1. The van der Waals surface area contributed by atoms with Gasteiger partial charge < -0.3 is 5.11 Å². The molecule has 1 aliphatic rings. The van der Waals surface area contributed by atoms with Gasteiger partial charge in [0.05, 0.1) is 5.92 Å². The second-order valence-electron chi connectivity index (χ2n) is 5.54. The summed E-state index contributed by atoms with van der Waals surface area (Å²) in [5.41, 5.74) is 4.09. The Labute approximate surface area is 142 Å². The van der Waals surface area contributed by atoms with Gasteiger partial charge in [-0.05, 0) is 65.1 Å². The lowest BCUT2D eigenvalue weighted by atomic mass is 9.89. The largest absolute Gasteiger partial charge is 0.481 e. The van der Waals surface area contributed by atoms with Crippen LogP contribution in [0.3, 0.4) is 0 Å². The van der Waals surface area contributed by atoms with Crippen molar-refractivity contribution in [1.82, 2.24) is 0 Å². The molecule has 3 nitrogen and oxygen atoms in total. The predicted octanol–water partition coefficient (Wildman–Crippen LogP) is 3.81. The Morgan fingerprint density at radius 2 is 1.91 bits per heavy atom. The highest BCUT2D eigenvalue weighted by atomic mass is 127. The van der Waals surface area contributed by atoms with Crippen LogP contribution in [-0.4, -0.2) is 16.9 Å². The molecule has 0 aliphatic heterocycles. The van der Waals surface area contributed by atoms with E-state index in [0.717, 1.165) is 32.2 Å². The van der Waals surface area contributed by atoms with Crippen molar-refractivity contribution >= 4 is 34.3 Å². The van der Waals surface area contributed by atoms with Crippen LogP contribution in [-0.2, 0) is 17.6 Å². The minimum atomic E-state index is -0.864. The van der Waals surface area contributed by atoms with Crippen molar-refractivity contribution in [1.29, 1.82) is 0 Å². The number of carboxylic acids is 1. The third-order valence-corrected chi connectivity index (χ3v) is 5.16. The molecule has 0 radical (unpaired) electrons. The zero-order valence-electron chi connectivity index (χ0n) is 12.1. The van der Waals surface area contributed by atoms with E-state index < -0.39 is 11.9 Å². The third kappa shape index (κ3) is 2.45. The van der Waals surface area contributed by atoms with Gasteiger partial charge in [0.25, 0.3) is 0 Å². The van der Waals surface area contributed by atoms with Gasteiger partial charge in [-0.15, -0.1) is 0 Å². The van der Waals surface area contributed by atoms with Gasteiger partial charge in [-0.25, -0.2) is 0 Å². The van der Waals surface area contributed by atoms with Gasteiger partial charge in [0.2, 0.25) is 0 Å². The quantitative estimate of drug-likeness (QED) is 0.772. The summed E-state index contributed by atoms with van der Waals surface area (Å²) >= 11 is 2.19. The molecule has 112 valence electrons. The fourth-order valence-electron chi connectivity index (χ4n) is 3.06. The normalized spacial score (nSPS) is 14.7. The van der Waals surface area contributed by atoms with Crippen LogP contribution in [0.4, 0.5) is 0 Å². The molecule has 0 amide bonds. The Morgan fingerprint density at radius 1 is 1.18 bits per heavy atom. The lowest BCUT2D eigenvalue weighted by Crippen LogP contribution is -2.13. The summed E-state index contributed by atoms with van der Waals surface area (Å²) in [5, 5.41) is 9.30. The van der Waals surface area contributed by atoms with Crippen LogP contribution >= 0.6 is 22.6 Å². The molecule has 3 rings (SSSR count). The first-order valence-electron chi connectivity index (χ1n) is 7.17. The lowest BCUT2D eigenvalue weighted by Gasteiger charge is -2.15. The average Bonchev–Trinajstić information content (AvgIpc) is 2.65. The summed E-state index contributed by atoms with van der Waals surface area (Å²) in [6, 6.07) is 11.3. The molecule has 0 heterocycles. The molecule has 0 bridgehead atoms. The van der Waals surface area contributed by atoms with Crippen molar-refractivity contribution in [2.45, 2.75) is 25.7 Å². The monoisotopic (exact) mass is 406 g/mol. The molecule has 0 fully saturated rings. The molecule has 0 saturated carbocycles. The first kappa shape index (κ1) is 15.2. The SMILES string of the molecule is CC(C(=O)O)c1cccc2c1CCc1cccc(I)c1C2=O. The maximum Gasteiger partial charge on any atom is 0.310 e. The molecular formula is C18H15IO3. The first-order chi connectivity index (χ1) is 10.5. The highest BCUT2D eigenvalue weighted by Crippen LogP contribution is 2.32. The van der Waals surface area contributed by atoms with Crippen molar-refractivity contribution in [3.8, 4) is 0 Å². The van der Waals surface area contributed by atoms with E-state index in [4.69, 9.17) is 0 Å². The molecule has 22 heavy (non-hydrogen) atoms. The maximum absolute atomic E-state index is 12.9. The molecule has 2 aromatic rings. The first-order valence-corrected chi connectivity index (χ1v) is 8.25. The van der Waals surface area contributed by atoms with Gasteiger partial charge in [0.15, 0.2) is 5.78 Å². The van der Waals surface area contributed by atoms with Crippen LogP contribution in [0.1, 0.15) is 45.5 Å². The van der Waals surface area contributed by atoms with Gasteiger partial charge >= 0.3 is 5.97 Å². The average molecular weight is 406 g/mol. The van der Waals surface area contributed by atoms with Crippen LogP contribution in [0.15, 0.2) is 36.4 Å². The number of fused-ring (bicyclic) bond motifs is 2. The zero-order valence-corrected chi connectivity index (χ0v) is 14.3. The smallest absolute Gasteiger partial charge is 0.310 e. The van der Waals surface area contributed by atoms with E-state index in [-0.39, 0.29) is 5.78 Å². The van der Waals surface area contributed by atoms with E-state index in [1.807, 2.05) is 30.3 Å². The number of benzene rings is 2. The van der Waals surface area contributed by atoms with Crippen molar-refractivity contribution in [3.63, 3.8) is 0 Å². The van der Waals surface area contributed by atoms with Gasteiger partial charge in [-0.3, -0.25) is 9.59 Å². The molecule has 1 aliphatic carbocycles. The zero-order chi connectivity index (χ0) is 15.9. The summed E-state index contributed by atoms with van der Waals surface area (Å²) in [6.07, 6.45) is 1.45. The van der Waals surface area contributed by atoms with Gasteiger partial charge in [0.1, 0.15) is 0 Å². The Kier molecular flexibility index (Phi) is 4.04. The number of carbonyl (C=O) groups excluding carboxylic acids is 1. The van der Waals surface area contributed by atoms with E-state index in [1.54, 1.807) is 13.0 Å². The van der Waals surface area contributed by atoms with Crippen LogP contribution < -0.4 is 0 Å². The molecular weight excluding hydrogens is 391 g/mol. The molecule has 2 aromatic carbocycles. The van der Waals surface area contributed by atoms with E-state index in [0.29, 0.717) is 12.0 Å². The maximum atomic E-state index is 12.9. The van der Waals surface area contributed by atoms with Crippen LogP contribution in [0.5, 0.6) is 0 Å². The number of ketones is 1. The molecule has 4 heteroatoms. The van der Waals surface area contributed by atoms with E-state index >= 15 is 0 Å². The molecule has 0 saturated heterocycles. The number of hydrogen-bond acceptors (Lipinski definition) is 2. The number of hydrogen-bond donors (Lipinski definition) is 1. The summed E-state index contributed by atoms with van der Waals surface area (Å²) in [4.78, 5) is 24.3. The van der Waals surface area contributed by atoms with Crippen molar-refractivity contribution in [3.05, 3.63) is 67.8 Å². The Hall–Kier alpha value is -1.69. The van der Waals surface area contributed by atoms with Crippen LogP contribution in [0.2, 0.25) is 0 Å². The molecule has 1 N–H and O–H groups in total. The van der Waals surface area contributed by atoms with E-state index in [9.17, 15) is 14.7 Å². The Morgan fingerprint density at radius 3 is 2.64 bits per heavy atom. The Balaban J connectivity index is 2.20. The number of aryl methyl sites for hydroxylation is 1. The Bertz CT molecular complexity index is 780. The number of carbonyl (C=O) groups is 2. The lowest BCUT2D eigenvalue weighted by molar-refractivity contribution is -0.138. The summed E-state index contributed by atoms with van der Waals surface area (Å²) in [7, 11) is 0. The van der Waals surface area contributed by atoms with Gasteiger partial charge in [-0.1, -0.05) is 30.3 Å². The van der Waals surface area contributed by atoms with E-state index in [2.05, 4.69) is 22.6 Å². The van der Waals surface area contributed by atoms with Crippen molar-refractivity contribution < 1.29 is 14.7 Å². The number of rotatable bonds is 2. The summed E-state index contributed by atoms with van der Waals surface area (Å²) < 4.78 is 0.949. The highest BCUT2D eigenvalue weighted by Gasteiger charge is 2.27. The second-order valence-corrected chi connectivity index (χ2v) is 6.70. The fraction of sp³-hybridized carbons (Fsp3) is 0.222. The minimum Gasteiger partial charge on any atom is -0.481 e. The molecule has 1 atom stereocenters. The van der Waals surface area contributed by atoms with E-state index in [1.165, 1.54) is 0 Å². The second kappa shape index (κ2) is 5.83. The minimum absolute atomic E-state index is 0.00642. The third-order valence-electron chi connectivity index (χ3n) is 4.27. The molecule has 1 unspecified atom stereocenters. The predicted molar refractivity (Wildman–Crippen MR) is 92.5 cm³/mol. The van der Waals surface area contributed by atoms with Crippen molar-refractivity contribution in [2.24, 2.45) is 0 Å². The fourth-order valence-corrected chi connectivity index (χ4v) is 3.86. The number of carboxylic acid groups (broad SMARTS) is 1. The number of aliphatic carboxylic acids is 1. The van der Waals surface area contributed by atoms with Gasteiger partial charge in [-0.2, -0.15) is 0 Å². The molecule has 0 spiro atoms. The summed E-state index contributed by atoms with van der Waals surface area (Å²) in [5.74, 6) is -1.47. The van der Waals surface area contributed by atoms with Crippen molar-refractivity contribution in [2.75, 3.05) is 0 Å².